The standard InChI is InChI=1S/C16H29NO/c1-2-3-4-5-6-7-8-9-10-11-12-13-14-15-16-17-18/h3-6H,2,7-16H2,1H3/b4-3-,6-5-. The lowest BCUT2D eigenvalue weighted by atomic mass is 10.1. The van der Waals surface area contributed by atoms with Crippen LogP contribution in [-0.2, 0) is 0 Å². The minimum atomic E-state index is 0.499. The van der Waals surface area contributed by atoms with Gasteiger partial charge in [-0.3, -0.25) is 0 Å². The highest BCUT2D eigenvalue weighted by Crippen LogP contribution is 2.09. The first-order valence-electron chi connectivity index (χ1n) is 7.52. The number of nitrogens with zero attached hydrogens (tertiary/aromatic N) is 1. The Kier molecular flexibility index (Phi) is 15.3. The number of hydrogen-bond donors (Lipinski definition) is 0. The van der Waals surface area contributed by atoms with Crippen LogP contribution in [0, 0.1) is 4.91 Å². The summed E-state index contributed by atoms with van der Waals surface area (Å²) in [6.45, 7) is 2.65. The largest absolute Gasteiger partial charge is 0.151 e. The number of allylic oxidation sites excluding steroid dienone is 4. The molecular weight excluding hydrogens is 222 g/mol. The molecule has 0 aromatic heterocycles. The quantitative estimate of drug-likeness (QED) is 0.231. The summed E-state index contributed by atoms with van der Waals surface area (Å²) < 4.78 is 0. The fraction of sp³-hybridized carbons (Fsp3) is 0.750. The van der Waals surface area contributed by atoms with E-state index in [-0.39, 0.29) is 0 Å². The molecule has 0 atom stereocenters. The van der Waals surface area contributed by atoms with Gasteiger partial charge in [-0.05, 0) is 25.7 Å². The molecule has 0 heterocycles. The van der Waals surface area contributed by atoms with E-state index in [0.29, 0.717) is 6.54 Å². The molecule has 0 rings (SSSR count). The van der Waals surface area contributed by atoms with Gasteiger partial charge in [0.2, 0.25) is 0 Å². The van der Waals surface area contributed by atoms with Gasteiger partial charge in [0.05, 0.1) is 6.54 Å². The molecule has 104 valence electrons. The van der Waals surface area contributed by atoms with Gasteiger partial charge in [0.15, 0.2) is 0 Å². The average Bonchev–Trinajstić information content (AvgIpc) is 2.39. The molecule has 0 N–H and O–H groups in total. The van der Waals surface area contributed by atoms with Crippen LogP contribution in [0.1, 0.15) is 71.1 Å². The van der Waals surface area contributed by atoms with E-state index in [4.69, 9.17) is 0 Å². The van der Waals surface area contributed by atoms with Gasteiger partial charge in [-0.25, -0.2) is 0 Å². The van der Waals surface area contributed by atoms with Crippen LogP contribution in [0.3, 0.4) is 0 Å². The molecule has 0 aromatic carbocycles. The van der Waals surface area contributed by atoms with Gasteiger partial charge in [-0.2, -0.15) is 4.91 Å². The molecule has 2 nitrogen and oxygen atoms in total. The maximum absolute atomic E-state index is 9.86. The first-order valence-corrected chi connectivity index (χ1v) is 7.52. The first kappa shape index (κ1) is 17.1. The second-order valence-corrected chi connectivity index (χ2v) is 4.73. The predicted molar refractivity (Wildman–Crippen MR) is 80.8 cm³/mol. The summed E-state index contributed by atoms with van der Waals surface area (Å²) in [5.41, 5.74) is 0. The van der Waals surface area contributed by atoms with Gasteiger partial charge < -0.3 is 0 Å². The molecule has 0 aliphatic rings. The highest BCUT2D eigenvalue weighted by molar-refractivity contribution is 5.01. The minimum Gasteiger partial charge on any atom is -0.151 e. The van der Waals surface area contributed by atoms with Crippen molar-refractivity contribution in [1.29, 1.82) is 0 Å². The van der Waals surface area contributed by atoms with Crippen LogP contribution in [0.25, 0.3) is 0 Å². The van der Waals surface area contributed by atoms with Crippen LogP contribution in [0.15, 0.2) is 29.5 Å². The van der Waals surface area contributed by atoms with E-state index in [0.717, 1.165) is 19.3 Å². The lowest BCUT2D eigenvalue weighted by Gasteiger charge is -2.00. The molecule has 0 amide bonds. The lowest BCUT2D eigenvalue weighted by molar-refractivity contribution is 0.571. The maximum Gasteiger partial charge on any atom is 0.0811 e. The molecule has 18 heavy (non-hydrogen) atoms. The zero-order valence-corrected chi connectivity index (χ0v) is 11.9. The van der Waals surface area contributed by atoms with Gasteiger partial charge in [-0.15, -0.1) is 0 Å². The van der Waals surface area contributed by atoms with Gasteiger partial charge in [0.1, 0.15) is 0 Å². The molecule has 0 radical (unpaired) electrons. The van der Waals surface area contributed by atoms with Crippen molar-refractivity contribution < 1.29 is 0 Å². The van der Waals surface area contributed by atoms with Crippen molar-refractivity contribution in [3.05, 3.63) is 29.2 Å². The lowest BCUT2D eigenvalue weighted by Crippen LogP contribution is -1.83. The van der Waals surface area contributed by atoms with E-state index in [2.05, 4.69) is 36.4 Å². The Morgan fingerprint density at radius 3 is 1.94 bits per heavy atom. The Bertz CT molecular complexity index is 221. The van der Waals surface area contributed by atoms with Crippen LogP contribution in [0.5, 0.6) is 0 Å². The minimum absolute atomic E-state index is 0.499. The van der Waals surface area contributed by atoms with Crippen LogP contribution >= 0.6 is 0 Å². The topological polar surface area (TPSA) is 29.4 Å². The fourth-order valence-electron chi connectivity index (χ4n) is 1.89. The summed E-state index contributed by atoms with van der Waals surface area (Å²) >= 11 is 0. The molecule has 0 unspecified atom stereocenters. The zero-order chi connectivity index (χ0) is 13.3. The van der Waals surface area contributed by atoms with Crippen molar-refractivity contribution in [3.8, 4) is 0 Å². The van der Waals surface area contributed by atoms with Crippen molar-refractivity contribution in [2.75, 3.05) is 6.54 Å². The Labute approximate surface area is 113 Å². The molecule has 0 spiro atoms. The molecule has 0 saturated carbocycles. The first-order chi connectivity index (χ1) is 8.91. The number of nitroso groups, excluding NO2 is 1. The fourth-order valence-corrected chi connectivity index (χ4v) is 1.89. The van der Waals surface area contributed by atoms with E-state index >= 15 is 0 Å². The Morgan fingerprint density at radius 2 is 1.33 bits per heavy atom. The van der Waals surface area contributed by atoms with E-state index in [1.54, 1.807) is 0 Å². The second-order valence-electron chi connectivity index (χ2n) is 4.73. The van der Waals surface area contributed by atoms with Crippen molar-refractivity contribution in [1.82, 2.24) is 0 Å². The third-order valence-corrected chi connectivity index (χ3v) is 2.99. The molecule has 0 saturated heterocycles. The highest BCUT2D eigenvalue weighted by atomic mass is 16.3. The second kappa shape index (κ2) is 16.1. The Balaban J connectivity index is 3.05. The van der Waals surface area contributed by atoms with E-state index < -0.39 is 0 Å². The van der Waals surface area contributed by atoms with E-state index in [9.17, 15) is 4.91 Å². The SMILES string of the molecule is CC/C=C\C=C/CCCCCCCCCCN=O. The summed E-state index contributed by atoms with van der Waals surface area (Å²) in [5, 5.41) is 2.87. The number of rotatable bonds is 13. The summed E-state index contributed by atoms with van der Waals surface area (Å²) in [5.74, 6) is 0. The van der Waals surface area contributed by atoms with Gasteiger partial charge in [0, 0.05) is 0 Å². The molecule has 0 fully saturated rings. The van der Waals surface area contributed by atoms with Crippen LogP contribution < -0.4 is 0 Å². The summed E-state index contributed by atoms with van der Waals surface area (Å²) in [6, 6.07) is 0. The average molecular weight is 251 g/mol. The van der Waals surface area contributed by atoms with Crippen LogP contribution in [0.2, 0.25) is 0 Å². The summed E-state index contributed by atoms with van der Waals surface area (Å²) in [6.07, 6.45) is 21.1. The summed E-state index contributed by atoms with van der Waals surface area (Å²) in [7, 11) is 0. The Morgan fingerprint density at radius 1 is 0.778 bits per heavy atom. The number of hydrogen-bond acceptors (Lipinski definition) is 2. The van der Waals surface area contributed by atoms with E-state index in [1.807, 2.05) is 0 Å². The monoisotopic (exact) mass is 251 g/mol. The molecule has 0 aliphatic heterocycles. The van der Waals surface area contributed by atoms with Crippen LogP contribution in [-0.4, -0.2) is 6.54 Å². The normalized spacial score (nSPS) is 11.6. The smallest absolute Gasteiger partial charge is 0.0811 e. The van der Waals surface area contributed by atoms with Gasteiger partial charge in [0.25, 0.3) is 0 Å². The third-order valence-electron chi connectivity index (χ3n) is 2.99. The molecule has 2 heteroatoms. The molecule has 0 bridgehead atoms. The van der Waals surface area contributed by atoms with Crippen molar-refractivity contribution >= 4 is 0 Å². The van der Waals surface area contributed by atoms with Gasteiger partial charge in [-0.1, -0.05) is 74.9 Å². The predicted octanol–water partition coefficient (Wildman–Crippen LogP) is 5.79. The maximum atomic E-state index is 9.86. The molecule has 0 aromatic rings. The van der Waals surface area contributed by atoms with Crippen molar-refractivity contribution in [2.45, 2.75) is 71.1 Å². The Hall–Kier alpha value is -0.920. The van der Waals surface area contributed by atoms with Crippen LogP contribution in [0.4, 0.5) is 0 Å². The van der Waals surface area contributed by atoms with E-state index in [1.165, 1.54) is 44.9 Å². The summed E-state index contributed by atoms with van der Waals surface area (Å²) in [4.78, 5) is 9.86. The zero-order valence-electron chi connectivity index (χ0n) is 11.9. The van der Waals surface area contributed by atoms with Crippen molar-refractivity contribution in [3.63, 3.8) is 0 Å². The van der Waals surface area contributed by atoms with Crippen molar-refractivity contribution in [2.24, 2.45) is 5.18 Å². The molecular formula is C16H29NO. The molecule has 0 aliphatic carbocycles. The van der Waals surface area contributed by atoms with Gasteiger partial charge >= 0.3 is 0 Å². The number of unbranched alkanes of at least 4 members (excludes halogenated alkanes) is 8. The highest BCUT2D eigenvalue weighted by Gasteiger charge is 1.91. The third kappa shape index (κ3) is 15.1.